The summed E-state index contributed by atoms with van der Waals surface area (Å²) >= 11 is 0. The van der Waals surface area contributed by atoms with Gasteiger partial charge in [0.25, 0.3) is 0 Å². The van der Waals surface area contributed by atoms with Crippen LogP contribution in [0.15, 0.2) is 6.07 Å². The molecule has 1 aromatic heterocycles. The van der Waals surface area contributed by atoms with Crippen LogP contribution in [0.2, 0.25) is 0 Å². The molecule has 2 N–H and O–H groups in total. The van der Waals surface area contributed by atoms with Gasteiger partial charge >= 0.3 is 0 Å². The highest BCUT2D eigenvalue weighted by molar-refractivity contribution is 5.46. The van der Waals surface area contributed by atoms with Gasteiger partial charge in [0, 0.05) is 19.7 Å². The summed E-state index contributed by atoms with van der Waals surface area (Å²) in [5.74, 6) is -0.988. The highest BCUT2D eigenvalue weighted by atomic mass is 19.1. The third-order valence-corrected chi connectivity index (χ3v) is 2.53. The van der Waals surface area contributed by atoms with Crippen LogP contribution in [0.5, 0.6) is 0 Å². The van der Waals surface area contributed by atoms with Gasteiger partial charge in [-0.2, -0.15) is 0 Å². The molecule has 0 bridgehead atoms. The fraction of sp³-hybridized carbons (Fsp3) is 0.500. The molecule has 0 spiro atoms. The zero-order valence-electron chi connectivity index (χ0n) is 8.50. The Morgan fingerprint density at radius 3 is 2.73 bits per heavy atom. The van der Waals surface area contributed by atoms with Gasteiger partial charge in [0.05, 0.1) is 0 Å². The average molecular weight is 213 g/mol. The zero-order valence-corrected chi connectivity index (χ0v) is 8.50. The monoisotopic (exact) mass is 213 g/mol. The second kappa shape index (κ2) is 3.64. The van der Waals surface area contributed by atoms with E-state index in [9.17, 15) is 8.78 Å². The molecule has 0 radical (unpaired) electrons. The van der Waals surface area contributed by atoms with Gasteiger partial charge in [0.1, 0.15) is 0 Å². The summed E-state index contributed by atoms with van der Waals surface area (Å²) < 4.78 is 26.2. The molecule has 0 aromatic carbocycles. The number of nitrogen functional groups attached to an aromatic ring is 1. The van der Waals surface area contributed by atoms with E-state index in [4.69, 9.17) is 5.73 Å². The van der Waals surface area contributed by atoms with Crippen LogP contribution in [0.4, 0.5) is 20.4 Å². The van der Waals surface area contributed by atoms with E-state index in [1.54, 1.807) is 11.9 Å². The number of halogens is 2. The second-order valence-corrected chi connectivity index (χ2v) is 3.98. The molecular formula is C10H13F2N3. The van der Waals surface area contributed by atoms with Crippen LogP contribution in [-0.2, 0) is 0 Å². The van der Waals surface area contributed by atoms with E-state index in [-0.39, 0.29) is 11.6 Å². The summed E-state index contributed by atoms with van der Waals surface area (Å²) in [6.07, 6.45) is 2.34. The molecule has 5 heteroatoms. The highest BCUT2D eigenvalue weighted by Crippen LogP contribution is 2.31. The predicted octanol–water partition coefficient (Wildman–Crippen LogP) is 1.79. The minimum Gasteiger partial charge on any atom is -0.381 e. The molecule has 0 aliphatic heterocycles. The number of nitrogens with zero attached hydrogens (tertiary/aromatic N) is 2. The van der Waals surface area contributed by atoms with E-state index in [0.29, 0.717) is 5.92 Å². The van der Waals surface area contributed by atoms with Gasteiger partial charge in [-0.05, 0) is 18.8 Å². The molecular weight excluding hydrogens is 200 g/mol. The quantitative estimate of drug-likeness (QED) is 0.832. The maximum atomic E-state index is 13.4. The van der Waals surface area contributed by atoms with E-state index in [1.807, 2.05) is 0 Å². The second-order valence-electron chi connectivity index (χ2n) is 3.98. The van der Waals surface area contributed by atoms with Crippen LogP contribution in [0.3, 0.4) is 0 Å². The van der Waals surface area contributed by atoms with E-state index in [1.165, 1.54) is 12.8 Å². The molecule has 1 fully saturated rings. The SMILES string of the molecule is CN(CC1CC1)c1nc(N)c(F)cc1F. The molecule has 3 nitrogen and oxygen atoms in total. The maximum absolute atomic E-state index is 13.4. The van der Waals surface area contributed by atoms with Gasteiger partial charge < -0.3 is 10.6 Å². The molecule has 1 aliphatic rings. The normalized spacial score (nSPS) is 15.4. The third kappa shape index (κ3) is 2.16. The Morgan fingerprint density at radius 2 is 2.13 bits per heavy atom. The predicted molar refractivity (Wildman–Crippen MR) is 54.6 cm³/mol. The Morgan fingerprint density at radius 1 is 1.47 bits per heavy atom. The van der Waals surface area contributed by atoms with Crippen LogP contribution in [0.25, 0.3) is 0 Å². The Hall–Kier alpha value is -1.39. The summed E-state index contributed by atoms with van der Waals surface area (Å²) in [6, 6.07) is 0.779. The van der Waals surface area contributed by atoms with E-state index >= 15 is 0 Å². The molecule has 1 aliphatic carbocycles. The van der Waals surface area contributed by atoms with Crippen LogP contribution >= 0.6 is 0 Å². The first-order chi connectivity index (χ1) is 7.08. The van der Waals surface area contributed by atoms with Crippen LogP contribution in [0.1, 0.15) is 12.8 Å². The van der Waals surface area contributed by atoms with Crippen molar-refractivity contribution in [3.05, 3.63) is 17.7 Å². The number of hydrogen-bond donors (Lipinski definition) is 1. The first-order valence-corrected chi connectivity index (χ1v) is 4.90. The van der Waals surface area contributed by atoms with Gasteiger partial charge in [-0.3, -0.25) is 0 Å². The highest BCUT2D eigenvalue weighted by Gasteiger charge is 2.24. The lowest BCUT2D eigenvalue weighted by Gasteiger charge is -2.18. The average Bonchev–Trinajstić information content (AvgIpc) is 2.95. The van der Waals surface area contributed by atoms with E-state index in [0.717, 1.165) is 12.6 Å². The minimum absolute atomic E-state index is 0.126. The molecule has 0 atom stereocenters. The minimum atomic E-state index is -0.809. The summed E-state index contributed by atoms with van der Waals surface area (Å²) in [4.78, 5) is 5.39. The number of pyridine rings is 1. The van der Waals surface area contributed by atoms with Crippen molar-refractivity contribution < 1.29 is 8.78 Å². The maximum Gasteiger partial charge on any atom is 0.168 e. The molecule has 82 valence electrons. The smallest absolute Gasteiger partial charge is 0.168 e. The van der Waals surface area contributed by atoms with Crippen molar-refractivity contribution in [1.29, 1.82) is 0 Å². The van der Waals surface area contributed by atoms with Crippen molar-refractivity contribution in [2.75, 3.05) is 24.2 Å². The van der Waals surface area contributed by atoms with Crippen LogP contribution < -0.4 is 10.6 Å². The number of anilines is 2. The fourth-order valence-corrected chi connectivity index (χ4v) is 1.51. The van der Waals surface area contributed by atoms with Crippen molar-refractivity contribution >= 4 is 11.6 Å². The third-order valence-electron chi connectivity index (χ3n) is 2.53. The Bertz CT molecular complexity index is 377. The Labute approximate surface area is 86.9 Å². The summed E-state index contributed by atoms with van der Waals surface area (Å²) in [5, 5.41) is 0. The lowest BCUT2D eigenvalue weighted by atomic mass is 10.3. The van der Waals surface area contributed by atoms with Gasteiger partial charge in [0.15, 0.2) is 23.3 Å². The van der Waals surface area contributed by atoms with Crippen LogP contribution in [-0.4, -0.2) is 18.6 Å². The van der Waals surface area contributed by atoms with Crippen LogP contribution in [0, 0.1) is 17.6 Å². The number of hydrogen-bond acceptors (Lipinski definition) is 3. The number of aromatic nitrogens is 1. The van der Waals surface area contributed by atoms with Gasteiger partial charge in [-0.15, -0.1) is 0 Å². The molecule has 1 heterocycles. The molecule has 0 saturated heterocycles. The molecule has 2 rings (SSSR count). The first-order valence-electron chi connectivity index (χ1n) is 4.90. The van der Waals surface area contributed by atoms with Gasteiger partial charge in [-0.25, -0.2) is 13.8 Å². The van der Waals surface area contributed by atoms with Crippen molar-refractivity contribution in [2.45, 2.75) is 12.8 Å². The van der Waals surface area contributed by atoms with Crippen molar-refractivity contribution in [2.24, 2.45) is 5.92 Å². The van der Waals surface area contributed by atoms with Gasteiger partial charge in [0.2, 0.25) is 0 Å². The Kier molecular flexibility index (Phi) is 2.46. The number of rotatable bonds is 3. The molecule has 15 heavy (non-hydrogen) atoms. The Balaban J connectivity index is 2.21. The van der Waals surface area contributed by atoms with Crippen molar-refractivity contribution in [1.82, 2.24) is 4.98 Å². The fourth-order valence-electron chi connectivity index (χ4n) is 1.51. The topological polar surface area (TPSA) is 42.2 Å². The largest absolute Gasteiger partial charge is 0.381 e. The molecule has 1 saturated carbocycles. The molecule has 1 aromatic rings. The standard InChI is InChI=1S/C10H13F2N3/c1-15(5-6-2-3-6)10-8(12)4-7(11)9(13)14-10/h4,6H,2-3,5H2,1H3,(H2,13,14). The first kappa shape index (κ1) is 10.1. The van der Waals surface area contributed by atoms with E-state index in [2.05, 4.69) is 4.98 Å². The van der Waals surface area contributed by atoms with Crippen molar-refractivity contribution in [3.63, 3.8) is 0 Å². The van der Waals surface area contributed by atoms with E-state index < -0.39 is 11.6 Å². The lowest BCUT2D eigenvalue weighted by Crippen LogP contribution is -2.23. The summed E-state index contributed by atoms with van der Waals surface area (Å²) in [6.45, 7) is 0.745. The zero-order chi connectivity index (χ0) is 11.0. The van der Waals surface area contributed by atoms with Gasteiger partial charge in [-0.1, -0.05) is 0 Å². The molecule has 0 unspecified atom stereocenters. The molecule has 0 amide bonds. The summed E-state index contributed by atoms with van der Waals surface area (Å²) in [5.41, 5.74) is 5.29. The van der Waals surface area contributed by atoms with Crippen molar-refractivity contribution in [3.8, 4) is 0 Å². The number of nitrogens with two attached hydrogens (primary N) is 1. The summed E-state index contributed by atoms with van der Waals surface area (Å²) in [7, 11) is 1.74. The lowest BCUT2D eigenvalue weighted by molar-refractivity contribution is 0.572.